The number of phenols is 1. The van der Waals surface area contributed by atoms with Crippen molar-refractivity contribution in [1.29, 1.82) is 0 Å². The molecule has 3 aromatic carbocycles. The molecule has 0 saturated carbocycles. The lowest BCUT2D eigenvalue weighted by molar-refractivity contribution is 0.454. The van der Waals surface area contributed by atoms with E-state index < -0.39 is 0 Å². The molecule has 0 atom stereocenters. The van der Waals surface area contributed by atoms with Gasteiger partial charge in [0.1, 0.15) is 11.3 Å². The van der Waals surface area contributed by atoms with Gasteiger partial charge in [0.2, 0.25) is 0 Å². The summed E-state index contributed by atoms with van der Waals surface area (Å²) in [6.07, 6.45) is 0. The second-order valence-corrected chi connectivity index (χ2v) is 6.77. The number of hydrogen-bond acceptors (Lipinski definition) is 2. The van der Waals surface area contributed by atoms with E-state index in [-0.39, 0.29) is 11.2 Å². The monoisotopic (exact) mass is 331 g/mol. The zero-order valence-electron chi connectivity index (χ0n) is 14.3. The Bertz CT molecular complexity index is 1010. The topological polar surface area (TPSA) is 53.0 Å². The largest absolute Gasteiger partial charge is 0.505 e. The van der Waals surface area contributed by atoms with Gasteiger partial charge in [-0.25, -0.2) is 0 Å². The standard InChI is InChI=1S/C21H21N3O/c1-21(2,15-9-4-3-5-10-15)16-11-8-13-18(20(16)25)23-24-19-14-7-6-12-17(19)22-24/h3-14,22-23,25H,1-2H3. The fraction of sp³-hybridized carbons (Fsp3) is 0.143. The molecule has 0 aliphatic rings. The van der Waals surface area contributed by atoms with Crippen LogP contribution in [0, 0.1) is 0 Å². The average molecular weight is 331 g/mol. The highest BCUT2D eigenvalue weighted by Gasteiger charge is 2.27. The van der Waals surface area contributed by atoms with Gasteiger partial charge < -0.3 is 5.11 Å². The second kappa shape index (κ2) is 5.74. The molecule has 4 heteroatoms. The Kier molecular flexibility index (Phi) is 3.53. The predicted molar refractivity (Wildman–Crippen MR) is 102 cm³/mol. The first-order chi connectivity index (χ1) is 12.1. The van der Waals surface area contributed by atoms with Crippen LogP contribution in [0.15, 0.2) is 72.8 Å². The first kappa shape index (κ1) is 15.4. The lowest BCUT2D eigenvalue weighted by Gasteiger charge is -2.28. The zero-order valence-corrected chi connectivity index (χ0v) is 14.3. The van der Waals surface area contributed by atoms with E-state index in [1.807, 2.05) is 65.5 Å². The maximum atomic E-state index is 10.9. The summed E-state index contributed by atoms with van der Waals surface area (Å²) < 4.78 is 0. The molecule has 0 spiro atoms. The number of nitrogens with one attached hydrogen (secondary N) is 2. The number of fused-ring (bicyclic) bond motifs is 1. The van der Waals surface area contributed by atoms with Crippen molar-refractivity contribution in [3.63, 3.8) is 0 Å². The molecule has 1 heterocycles. The van der Waals surface area contributed by atoms with Crippen LogP contribution in [-0.4, -0.2) is 15.0 Å². The normalized spacial score (nSPS) is 11.8. The maximum Gasteiger partial charge on any atom is 0.144 e. The second-order valence-electron chi connectivity index (χ2n) is 6.77. The van der Waals surface area contributed by atoms with Gasteiger partial charge in [0, 0.05) is 11.0 Å². The van der Waals surface area contributed by atoms with Crippen LogP contribution in [0.2, 0.25) is 0 Å². The highest BCUT2D eigenvalue weighted by atomic mass is 16.3. The van der Waals surface area contributed by atoms with Crippen molar-refractivity contribution >= 4 is 16.7 Å². The molecule has 0 saturated heterocycles. The molecule has 0 fully saturated rings. The van der Waals surface area contributed by atoms with Crippen molar-refractivity contribution in [3.8, 4) is 5.75 Å². The SMILES string of the molecule is CC(C)(c1ccccc1)c1cccc(Nn2[nH]c3ccccc32)c1O. The first-order valence-corrected chi connectivity index (χ1v) is 8.38. The average Bonchev–Trinajstić information content (AvgIpc) is 2.61. The maximum absolute atomic E-state index is 10.9. The molecular weight excluding hydrogens is 310 g/mol. The van der Waals surface area contributed by atoms with Crippen molar-refractivity contribution in [2.45, 2.75) is 19.3 Å². The van der Waals surface area contributed by atoms with E-state index in [2.05, 4.69) is 36.5 Å². The molecule has 3 N–H and O–H groups in total. The van der Waals surface area contributed by atoms with Crippen molar-refractivity contribution in [3.05, 3.63) is 83.9 Å². The number of benzene rings is 3. The van der Waals surface area contributed by atoms with Crippen LogP contribution in [0.25, 0.3) is 11.0 Å². The molecule has 4 nitrogen and oxygen atoms in total. The van der Waals surface area contributed by atoms with E-state index >= 15 is 0 Å². The minimum Gasteiger partial charge on any atom is -0.505 e. The van der Waals surface area contributed by atoms with Gasteiger partial charge in [0.15, 0.2) is 0 Å². The van der Waals surface area contributed by atoms with E-state index in [1.165, 1.54) is 0 Å². The minimum absolute atomic E-state index is 0.266. The molecule has 1 aromatic heterocycles. The number of nitrogens with zero attached hydrogens (tertiary/aromatic N) is 1. The van der Waals surface area contributed by atoms with Crippen molar-refractivity contribution in [2.75, 3.05) is 5.43 Å². The van der Waals surface area contributed by atoms with E-state index in [0.717, 1.165) is 22.2 Å². The van der Waals surface area contributed by atoms with Gasteiger partial charge >= 0.3 is 0 Å². The highest BCUT2D eigenvalue weighted by molar-refractivity contribution is 5.78. The van der Waals surface area contributed by atoms with Gasteiger partial charge in [0.25, 0.3) is 0 Å². The number of anilines is 1. The molecule has 0 aliphatic carbocycles. The third kappa shape index (κ3) is 2.56. The molecule has 0 unspecified atom stereocenters. The van der Waals surface area contributed by atoms with Crippen LogP contribution in [0.3, 0.4) is 0 Å². The Labute approximate surface area is 146 Å². The number of para-hydroxylation sites is 3. The summed E-state index contributed by atoms with van der Waals surface area (Å²) in [4.78, 5) is 1.81. The van der Waals surface area contributed by atoms with Gasteiger partial charge in [-0.1, -0.05) is 68.4 Å². The van der Waals surface area contributed by atoms with Crippen LogP contribution in [0.4, 0.5) is 5.69 Å². The molecule has 126 valence electrons. The van der Waals surface area contributed by atoms with Gasteiger partial charge in [-0.05, 0) is 23.8 Å². The summed E-state index contributed by atoms with van der Waals surface area (Å²) in [6.45, 7) is 4.25. The molecule has 0 bridgehead atoms. The number of phenolic OH excluding ortho intramolecular Hbond substituents is 1. The predicted octanol–water partition coefficient (Wildman–Crippen LogP) is 4.88. The Morgan fingerprint density at radius 1 is 0.880 bits per heavy atom. The highest BCUT2D eigenvalue weighted by Crippen LogP contribution is 2.40. The van der Waals surface area contributed by atoms with Gasteiger partial charge in [0.05, 0.1) is 11.2 Å². The summed E-state index contributed by atoms with van der Waals surface area (Å²) in [5.74, 6) is 0.266. The summed E-state index contributed by atoms with van der Waals surface area (Å²) in [7, 11) is 0. The van der Waals surface area contributed by atoms with Crippen molar-refractivity contribution in [2.24, 2.45) is 0 Å². The van der Waals surface area contributed by atoms with E-state index in [0.29, 0.717) is 5.69 Å². The Morgan fingerprint density at radius 3 is 2.36 bits per heavy atom. The van der Waals surface area contributed by atoms with Crippen LogP contribution in [-0.2, 0) is 5.41 Å². The van der Waals surface area contributed by atoms with Gasteiger partial charge in [-0.3, -0.25) is 10.5 Å². The lowest BCUT2D eigenvalue weighted by Crippen LogP contribution is -2.21. The number of aromatic amines is 1. The van der Waals surface area contributed by atoms with Crippen LogP contribution >= 0.6 is 0 Å². The third-order valence-electron chi connectivity index (χ3n) is 4.81. The Morgan fingerprint density at radius 2 is 1.60 bits per heavy atom. The van der Waals surface area contributed by atoms with E-state index in [9.17, 15) is 5.11 Å². The minimum atomic E-state index is -0.302. The number of H-pyrrole nitrogens is 1. The molecular formula is C21H21N3O. The van der Waals surface area contributed by atoms with Crippen LogP contribution in [0.5, 0.6) is 5.75 Å². The van der Waals surface area contributed by atoms with Crippen LogP contribution < -0.4 is 5.43 Å². The summed E-state index contributed by atoms with van der Waals surface area (Å²) >= 11 is 0. The molecule has 0 amide bonds. The first-order valence-electron chi connectivity index (χ1n) is 8.38. The fourth-order valence-corrected chi connectivity index (χ4v) is 3.25. The van der Waals surface area contributed by atoms with Crippen molar-refractivity contribution < 1.29 is 5.11 Å². The third-order valence-corrected chi connectivity index (χ3v) is 4.81. The number of aromatic nitrogens is 2. The molecule has 0 aliphatic heterocycles. The lowest BCUT2D eigenvalue weighted by atomic mass is 9.77. The van der Waals surface area contributed by atoms with Gasteiger partial charge in [-0.2, -0.15) is 4.79 Å². The summed E-state index contributed by atoms with van der Waals surface area (Å²) in [6, 6.07) is 24.1. The Balaban J connectivity index is 1.71. The van der Waals surface area contributed by atoms with Crippen LogP contribution in [0.1, 0.15) is 25.0 Å². The smallest absolute Gasteiger partial charge is 0.144 e. The van der Waals surface area contributed by atoms with E-state index in [1.54, 1.807) is 0 Å². The Hall–Kier alpha value is -3.14. The zero-order chi connectivity index (χ0) is 17.4. The number of hydrogen-bond donors (Lipinski definition) is 3. The molecule has 0 radical (unpaired) electrons. The van der Waals surface area contributed by atoms with E-state index in [4.69, 9.17) is 0 Å². The molecule has 4 rings (SSSR count). The number of aromatic hydroxyl groups is 1. The van der Waals surface area contributed by atoms with Gasteiger partial charge in [-0.15, -0.1) is 0 Å². The molecule has 25 heavy (non-hydrogen) atoms. The van der Waals surface area contributed by atoms with Crippen molar-refractivity contribution in [1.82, 2.24) is 9.89 Å². The summed E-state index contributed by atoms with van der Waals surface area (Å²) in [5.41, 5.74) is 7.77. The summed E-state index contributed by atoms with van der Waals surface area (Å²) in [5, 5.41) is 14.1. The number of rotatable bonds is 4. The quantitative estimate of drug-likeness (QED) is 0.467. The fourth-order valence-electron chi connectivity index (χ4n) is 3.25. The molecule has 4 aromatic rings.